The van der Waals surface area contributed by atoms with Gasteiger partial charge < -0.3 is 20.3 Å². The Bertz CT molecular complexity index is 1740. The van der Waals surface area contributed by atoms with Crippen molar-refractivity contribution < 1.29 is 17.9 Å². The summed E-state index contributed by atoms with van der Waals surface area (Å²) in [7, 11) is -2.99. The molecule has 2 aliphatic heterocycles. The van der Waals surface area contributed by atoms with E-state index in [-0.39, 0.29) is 43.5 Å². The van der Waals surface area contributed by atoms with Gasteiger partial charge in [0.2, 0.25) is 5.95 Å². The maximum absolute atomic E-state index is 14.0. The zero-order valence-corrected chi connectivity index (χ0v) is 24.1. The van der Waals surface area contributed by atoms with Crippen molar-refractivity contribution in [1.82, 2.24) is 15.3 Å². The van der Waals surface area contributed by atoms with E-state index in [1.54, 1.807) is 12.1 Å². The number of esters is 1. The number of halogens is 2. The number of methoxy groups -OCH3 is 1. The summed E-state index contributed by atoms with van der Waals surface area (Å²) in [5.74, 6) is -0.398. The van der Waals surface area contributed by atoms with Gasteiger partial charge in [0.1, 0.15) is 4.90 Å². The van der Waals surface area contributed by atoms with Gasteiger partial charge in [0, 0.05) is 53.2 Å². The highest BCUT2D eigenvalue weighted by Gasteiger charge is 2.38. The van der Waals surface area contributed by atoms with Crippen LogP contribution in [-0.2, 0) is 14.8 Å². The molecular weight excluding hydrogens is 587 g/mol. The summed E-state index contributed by atoms with van der Waals surface area (Å²) in [6.45, 7) is 3.75. The van der Waals surface area contributed by atoms with Crippen LogP contribution in [0.1, 0.15) is 10.4 Å². The van der Waals surface area contributed by atoms with Gasteiger partial charge in [-0.05, 0) is 60.7 Å². The minimum absolute atomic E-state index is 0.105. The van der Waals surface area contributed by atoms with E-state index < -0.39 is 16.0 Å². The number of ether oxygens (including phenoxy) is 1. The first-order chi connectivity index (χ1) is 19.7. The second-order valence-corrected chi connectivity index (χ2v) is 12.1. The van der Waals surface area contributed by atoms with E-state index in [0.29, 0.717) is 5.56 Å². The lowest BCUT2D eigenvalue weighted by Crippen LogP contribution is -2.43. The largest absolute Gasteiger partial charge is 0.465 e. The van der Waals surface area contributed by atoms with E-state index in [4.69, 9.17) is 27.9 Å². The fourth-order valence-corrected chi connectivity index (χ4v) is 7.02. The first kappa shape index (κ1) is 27.3. The van der Waals surface area contributed by atoms with Gasteiger partial charge in [-0.15, -0.1) is 0 Å². The van der Waals surface area contributed by atoms with Crippen molar-refractivity contribution in [3.8, 4) is 11.3 Å². The van der Waals surface area contributed by atoms with E-state index in [1.165, 1.54) is 37.6 Å². The summed E-state index contributed by atoms with van der Waals surface area (Å²) in [5.41, 5.74) is 3.09. The van der Waals surface area contributed by atoms with Crippen molar-refractivity contribution in [3.05, 3.63) is 82.5 Å². The summed E-state index contributed by atoms with van der Waals surface area (Å²) in [5, 5.41) is 7.01. The molecule has 0 unspecified atom stereocenters. The second-order valence-electron chi connectivity index (χ2n) is 9.44. The number of anilines is 5. The molecule has 1 saturated heterocycles. The number of fused-ring (bicyclic) bond motifs is 3. The zero-order chi connectivity index (χ0) is 28.7. The molecule has 0 amide bonds. The number of piperazine rings is 1. The number of nitrogens with one attached hydrogen (secondary N) is 2. The van der Waals surface area contributed by atoms with Gasteiger partial charge in [-0.3, -0.25) is 0 Å². The van der Waals surface area contributed by atoms with Crippen LogP contribution in [-0.4, -0.2) is 57.6 Å². The van der Waals surface area contributed by atoms with Gasteiger partial charge in [-0.2, -0.15) is 0 Å². The van der Waals surface area contributed by atoms with Gasteiger partial charge in [0.05, 0.1) is 35.9 Å². The van der Waals surface area contributed by atoms with Crippen molar-refractivity contribution in [2.45, 2.75) is 4.90 Å². The van der Waals surface area contributed by atoms with E-state index in [0.717, 1.165) is 41.9 Å². The van der Waals surface area contributed by atoms with Crippen molar-refractivity contribution >= 4 is 67.9 Å². The number of hydrogen-bond donors (Lipinski definition) is 2. The van der Waals surface area contributed by atoms with Gasteiger partial charge >= 0.3 is 5.97 Å². The fourth-order valence-electron chi connectivity index (χ4n) is 4.93. The number of carbonyl (C=O) groups excluding carboxylic acids is 1. The number of benzene rings is 3. The normalized spacial score (nSPS) is 15.6. The number of rotatable bonds is 5. The Morgan fingerprint density at radius 1 is 0.976 bits per heavy atom. The number of nitrogens with zero attached hydrogens (tertiary/aromatic N) is 4. The van der Waals surface area contributed by atoms with Crippen LogP contribution in [0.25, 0.3) is 11.3 Å². The van der Waals surface area contributed by atoms with Crippen molar-refractivity contribution in [2.75, 3.05) is 47.8 Å². The van der Waals surface area contributed by atoms with Gasteiger partial charge in [-0.25, -0.2) is 27.5 Å². The maximum atomic E-state index is 14.0. The van der Waals surface area contributed by atoms with Gasteiger partial charge in [0.15, 0.2) is 0 Å². The Labute approximate surface area is 246 Å². The molecule has 41 heavy (non-hydrogen) atoms. The quantitative estimate of drug-likeness (QED) is 0.293. The molecule has 0 saturated carbocycles. The number of sulfonamides is 1. The minimum atomic E-state index is -4.24. The first-order valence-electron chi connectivity index (χ1n) is 12.7. The van der Waals surface area contributed by atoms with Crippen LogP contribution in [0.4, 0.5) is 28.7 Å². The molecule has 2 aliphatic rings. The Hall–Kier alpha value is -3.90. The molecule has 0 radical (unpaired) electrons. The third-order valence-corrected chi connectivity index (χ3v) is 9.03. The van der Waals surface area contributed by atoms with Crippen molar-refractivity contribution in [2.24, 2.45) is 0 Å². The Morgan fingerprint density at radius 3 is 2.37 bits per heavy atom. The van der Waals surface area contributed by atoms with E-state index in [9.17, 15) is 13.2 Å². The van der Waals surface area contributed by atoms with E-state index >= 15 is 0 Å². The summed E-state index contributed by atoms with van der Waals surface area (Å²) in [6.07, 6.45) is 1.27. The number of carbonyl (C=O) groups is 1. The van der Waals surface area contributed by atoms with Crippen LogP contribution in [0.3, 0.4) is 0 Å². The van der Waals surface area contributed by atoms with Crippen LogP contribution < -0.4 is 19.8 Å². The average Bonchev–Trinajstić information content (AvgIpc) is 2.96. The maximum Gasteiger partial charge on any atom is 0.337 e. The molecule has 0 spiro atoms. The van der Waals surface area contributed by atoms with E-state index in [1.807, 2.05) is 24.3 Å². The highest BCUT2D eigenvalue weighted by molar-refractivity contribution is 7.93. The number of hydrogen-bond acceptors (Lipinski definition) is 9. The molecule has 3 aromatic carbocycles. The third-order valence-electron chi connectivity index (χ3n) is 6.85. The van der Waals surface area contributed by atoms with Crippen molar-refractivity contribution in [3.63, 3.8) is 0 Å². The molecular formula is C28H24Cl2N6O4S. The molecule has 10 nitrogen and oxygen atoms in total. The zero-order valence-electron chi connectivity index (χ0n) is 21.8. The molecule has 4 aromatic rings. The van der Waals surface area contributed by atoms with Crippen molar-refractivity contribution in [1.29, 1.82) is 0 Å². The van der Waals surface area contributed by atoms with Crippen LogP contribution in [0, 0.1) is 0 Å². The lowest BCUT2D eigenvalue weighted by atomic mass is 10.0. The summed E-state index contributed by atoms with van der Waals surface area (Å²) < 4.78 is 34.0. The third kappa shape index (κ3) is 5.17. The second kappa shape index (κ2) is 10.8. The molecule has 6 rings (SSSR count). The summed E-state index contributed by atoms with van der Waals surface area (Å²) in [4.78, 5) is 23.5. The highest BCUT2D eigenvalue weighted by Crippen LogP contribution is 2.47. The highest BCUT2D eigenvalue weighted by atomic mass is 35.5. The minimum Gasteiger partial charge on any atom is -0.465 e. The predicted octanol–water partition coefficient (Wildman–Crippen LogP) is 5.23. The molecule has 0 bridgehead atoms. The van der Waals surface area contributed by atoms with Crippen LogP contribution in [0.2, 0.25) is 10.0 Å². The molecule has 1 fully saturated rings. The Morgan fingerprint density at radius 2 is 1.68 bits per heavy atom. The first-order valence-corrected chi connectivity index (χ1v) is 14.9. The molecule has 1 aromatic heterocycles. The molecule has 210 valence electrons. The fraction of sp³-hybridized carbons (Fsp3) is 0.179. The summed E-state index contributed by atoms with van der Waals surface area (Å²) in [6, 6.07) is 17.0. The Balaban J connectivity index is 1.41. The summed E-state index contributed by atoms with van der Waals surface area (Å²) >= 11 is 12.5. The van der Waals surface area contributed by atoms with Crippen LogP contribution in [0.15, 0.2) is 71.8 Å². The topological polar surface area (TPSA) is 117 Å². The van der Waals surface area contributed by atoms with E-state index in [2.05, 4.69) is 25.5 Å². The molecule has 0 aliphatic carbocycles. The van der Waals surface area contributed by atoms with Gasteiger partial charge in [0.25, 0.3) is 10.0 Å². The monoisotopic (exact) mass is 610 g/mol. The Kier molecular flexibility index (Phi) is 7.20. The lowest BCUT2D eigenvalue weighted by molar-refractivity contribution is 0.0600. The molecule has 2 N–H and O–H groups in total. The van der Waals surface area contributed by atoms with Gasteiger partial charge in [-0.1, -0.05) is 23.2 Å². The number of aromatic nitrogens is 2. The molecule has 3 heterocycles. The molecule has 13 heteroatoms. The average molecular weight is 612 g/mol. The van der Waals surface area contributed by atoms with Crippen LogP contribution >= 0.6 is 23.2 Å². The standard InChI is InChI=1S/C28H24Cl2N6O4S/c1-40-27(37)17-2-7-23-24(12-17)36(22-14-18(29)13-19(30)15-22)41(38,39)25-16-32-28(34-26(23)25)33-20-3-5-21(6-4-20)35-10-8-31-9-11-35/h2-7,12-16,31H,8-11H2,1H3,(H,32,33,34). The lowest BCUT2D eigenvalue weighted by Gasteiger charge is -2.32. The van der Waals surface area contributed by atoms with Crippen LogP contribution in [0.5, 0.6) is 0 Å². The predicted molar refractivity (Wildman–Crippen MR) is 159 cm³/mol. The smallest absolute Gasteiger partial charge is 0.337 e. The molecule has 0 atom stereocenters. The SMILES string of the molecule is COC(=O)c1ccc2c(c1)N(c1cc(Cl)cc(Cl)c1)S(=O)(=O)c1cnc(Nc3ccc(N4CCNCC4)cc3)nc1-2.